The Balaban J connectivity index is 2.11. The Labute approximate surface area is 92.3 Å². The van der Waals surface area contributed by atoms with Gasteiger partial charge in [-0.15, -0.1) is 0 Å². The van der Waals surface area contributed by atoms with Crippen LogP contribution in [0.25, 0.3) is 5.65 Å². The van der Waals surface area contributed by atoms with Gasteiger partial charge in [0.2, 0.25) is 0 Å². The normalized spacial score (nSPS) is 17.9. The maximum Gasteiger partial charge on any atom is 0.254 e. The molecule has 0 bridgehead atoms. The quantitative estimate of drug-likeness (QED) is 0.780. The summed E-state index contributed by atoms with van der Waals surface area (Å²) < 4.78 is 1.69. The molecule has 2 heterocycles. The van der Waals surface area contributed by atoms with Crippen molar-refractivity contribution in [3.63, 3.8) is 0 Å². The van der Waals surface area contributed by atoms with Gasteiger partial charge in [0, 0.05) is 17.8 Å². The second kappa shape index (κ2) is 3.18. The van der Waals surface area contributed by atoms with Crippen LogP contribution in [0.1, 0.15) is 30.1 Å². The molecule has 0 aliphatic heterocycles. The summed E-state index contributed by atoms with van der Waals surface area (Å²) in [5, 5.41) is 4.40. The van der Waals surface area contributed by atoms with E-state index < -0.39 is 0 Å². The van der Waals surface area contributed by atoms with Gasteiger partial charge in [0.05, 0.1) is 11.7 Å². The lowest BCUT2D eigenvalue weighted by molar-refractivity contribution is 0.608. The molecule has 2 aromatic rings. The van der Waals surface area contributed by atoms with Gasteiger partial charge < -0.3 is 10.7 Å². The molecule has 16 heavy (non-hydrogen) atoms. The van der Waals surface area contributed by atoms with Crippen molar-refractivity contribution in [2.24, 2.45) is 11.7 Å². The van der Waals surface area contributed by atoms with E-state index in [1.54, 1.807) is 17.6 Å². The number of fused-ring (bicyclic) bond motifs is 1. The molecule has 0 unspecified atom stereocenters. The summed E-state index contributed by atoms with van der Waals surface area (Å²) in [7, 11) is 0. The lowest BCUT2D eigenvalue weighted by Crippen LogP contribution is -2.13. The average Bonchev–Trinajstić information content (AvgIpc) is 3.01. The summed E-state index contributed by atoms with van der Waals surface area (Å²) in [4.78, 5) is 14.2. The van der Waals surface area contributed by atoms with E-state index in [9.17, 15) is 4.79 Å². The second-order valence-corrected chi connectivity index (χ2v) is 4.53. The molecule has 1 saturated carbocycles. The van der Waals surface area contributed by atoms with Gasteiger partial charge in [-0.2, -0.15) is 5.10 Å². The van der Waals surface area contributed by atoms with Gasteiger partial charge in [0.25, 0.3) is 5.56 Å². The maximum atomic E-state index is 11.4. The third kappa shape index (κ3) is 1.44. The van der Waals surface area contributed by atoms with Crippen LogP contribution in [-0.2, 0) is 0 Å². The maximum absolute atomic E-state index is 11.4. The minimum atomic E-state index is -0.0704. The molecule has 0 radical (unpaired) electrons. The Hall–Kier alpha value is -1.62. The van der Waals surface area contributed by atoms with Crippen LogP contribution in [0, 0.1) is 12.8 Å². The number of H-pyrrole nitrogens is 1. The van der Waals surface area contributed by atoms with Crippen LogP contribution in [0.3, 0.4) is 0 Å². The number of aryl methyl sites for hydroxylation is 1. The van der Waals surface area contributed by atoms with Gasteiger partial charge in [-0.1, -0.05) is 0 Å². The van der Waals surface area contributed by atoms with Gasteiger partial charge in [-0.25, -0.2) is 4.52 Å². The molecule has 0 amide bonds. The highest BCUT2D eigenvalue weighted by Gasteiger charge is 2.31. The summed E-state index contributed by atoms with van der Waals surface area (Å²) in [6, 6.07) is 1.87. The van der Waals surface area contributed by atoms with Crippen LogP contribution in [0.15, 0.2) is 17.1 Å². The highest BCUT2D eigenvalue weighted by Crippen LogP contribution is 2.38. The summed E-state index contributed by atoms with van der Waals surface area (Å²) in [6.07, 6.45) is 4.10. The van der Waals surface area contributed by atoms with Gasteiger partial charge >= 0.3 is 0 Å². The van der Waals surface area contributed by atoms with Crippen molar-refractivity contribution in [2.75, 3.05) is 0 Å². The zero-order valence-electron chi connectivity index (χ0n) is 9.10. The highest BCUT2D eigenvalue weighted by atomic mass is 16.1. The minimum absolute atomic E-state index is 0.00343. The Morgan fingerprint density at radius 1 is 1.62 bits per heavy atom. The standard InChI is InChI=1S/C11H14N4O/c1-6-5-15-9(13-11(6)16)4-8(14-15)10(12)7-2-3-7/h4-5,7,10H,2-3,12H2,1H3,(H,13,16)/t10-/m0/s1. The zero-order chi connectivity index (χ0) is 11.3. The fraction of sp³-hybridized carbons (Fsp3) is 0.455. The van der Waals surface area contributed by atoms with Gasteiger partial charge in [-0.05, 0) is 25.7 Å². The van der Waals surface area contributed by atoms with Crippen LogP contribution < -0.4 is 11.3 Å². The molecule has 5 heteroatoms. The fourth-order valence-electron chi connectivity index (χ4n) is 1.92. The smallest absolute Gasteiger partial charge is 0.254 e. The molecular formula is C11H14N4O. The van der Waals surface area contributed by atoms with Crippen LogP contribution in [0.5, 0.6) is 0 Å². The van der Waals surface area contributed by atoms with Crippen LogP contribution in [0.2, 0.25) is 0 Å². The first kappa shape index (κ1) is 9.59. The van der Waals surface area contributed by atoms with Gasteiger partial charge in [-0.3, -0.25) is 4.79 Å². The molecule has 1 aliphatic rings. The predicted molar refractivity (Wildman–Crippen MR) is 60.2 cm³/mol. The zero-order valence-corrected chi connectivity index (χ0v) is 9.10. The highest BCUT2D eigenvalue weighted by molar-refractivity contribution is 5.40. The molecule has 84 valence electrons. The number of nitrogens with two attached hydrogens (primary N) is 1. The first-order chi connectivity index (χ1) is 7.65. The average molecular weight is 218 g/mol. The second-order valence-electron chi connectivity index (χ2n) is 4.53. The van der Waals surface area contributed by atoms with Crippen LogP contribution in [-0.4, -0.2) is 14.6 Å². The lowest BCUT2D eigenvalue weighted by Gasteiger charge is -2.04. The summed E-state index contributed by atoms with van der Waals surface area (Å²) in [5.41, 5.74) is 8.23. The molecule has 0 aromatic carbocycles. The number of rotatable bonds is 2. The number of hydrogen-bond acceptors (Lipinski definition) is 3. The number of nitrogens with zero attached hydrogens (tertiary/aromatic N) is 2. The molecule has 1 atom stereocenters. The van der Waals surface area contributed by atoms with E-state index in [1.807, 2.05) is 6.07 Å². The number of aromatic amines is 1. The molecule has 5 nitrogen and oxygen atoms in total. The predicted octanol–water partition coefficient (Wildman–Crippen LogP) is 0.741. The van der Waals surface area contributed by atoms with E-state index >= 15 is 0 Å². The van der Waals surface area contributed by atoms with Crippen molar-refractivity contribution >= 4 is 5.65 Å². The third-order valence-electron chi connectivity index (χ3n) is 3.14. The van der Waals surface area contributed by atoms with E-state index in [2.05, 4.69) is 10.1 Å². The van der Waals surface area contributed by atoms with Crippen molar-refractivity contribution in [3.05, 3.63) is 33.9 Å². The van der Waals surface area contributed by atoms with E-state index in [0.29, 0.717) is 17.1 Å². The number of aromatic nitrogens is 3. The minimum Gasteiger partial charge on any atom is -0.322 e. The van der Waals surface area contributed by atoms with Crippen LogP contribution in [0.4, 0.5) is 0 Å². The SMILES string of the molecule is Cc1cn2nc([C@@H](N)C3CC3)cc2[nH]c1=O. The van der Waals surface area contributed by atoms with Gasteiger partial charge in [0.1, 0.15) is 5.65 Å². The number of hydrogen-bond donors (Lipinski definition) is 2. The Morgan fingerprint density at radius 2 is 2.38 bits per heavy atom. The molecule has 1 fully saturated rings. The first-order valence-corrected chi connectivity index (χ1v) is 5.50. The van der Waals surface area contributed by atoms with Gasteiger partial charge in [0.15, 0.2) is 0 Å². The van der Waals surface area contributed by atoms with Crippen molar-refractivity contribution < 1.29 is 0 Å². The largest absolute Gasteiger partial charge is 0.322 e. The Bertz CT molecular complexity index is 594. The summed E-state index contributed by atoms with van der Waals surface area (Å²) in [6.45, 7) is 1.76. The Morgan fingerprint density at radius 3 is 3.06 bits per heavy atom. The molecule has 2 aromatic heterocycles. The monoisotopic (exact) mass is 218 g/mol. The van der Waals surface area contributed by atoms with Crippen LogP contribution >= 0.6 is 0 Å². The van der Waals surface area contributed by atoms with E-state index in [4.69, 9.17) is 5.73 Å². The topological polar surface area (TPSA) is 76.2 Å². The van der Waals surface area contributed by atoms with Crippen molar-refractivity contribution in [2.45, 2.75) is 25.8 Å². The van der Waals surface area contributed by atoms with Crippen molar-refractivity contribution in [1.82, 2.24) is 14.6 Å². The van der Waals surface area contributed by atoms with Crippen molar-refractivity contribution in [3.8, 4) is 0 Å². The molecule has 0 saturated heterocycles. The summed E-state index contributed by atoms with van der Waals surface area (Å²) in [5.74, 6) is 0.567. The molecular weight excluding hydrogens is 204 g/mol. The fourth-order valence-corrected chi connectivity index (χ4v) is 1.92. The molecule has 1 aliphatic carbocycles. The Kier molecular flexibility index (Phi) is 1.91. The van der Waals surface area contributed by atoms with E-state index in [1.165, 1.54) is 12.8 Å². The lowest BCUT2D eigenvalue weighted by atomic mass is 10.1. The van der Waals surface area contributed by atoms with Crippen molar-refractivity contribution in [1.29, 1.82) is 0 Å². The molecule has 3 N–H and O–H groups in total. The first-order valence-electron chi connectivity index (χ1n) is 5.50. The molecule has 3 rings (SSSR count). The van der Waals surface area contributed by atoms with E-state index in [0.717, 1.165) is 5.69 Å². The molecule has 0 spiro atoms. The van der Waals surface area contributed by atoms with E-state index in [-0.39, 0.29) is 11.6 Å². The summed E-state index contributed by atoms with van der Waals surface area (Å²) >= 11 is 0. The third-order valence-corrected chi connectivity index (χ3v) is 3.14. The number of nitrogens with one attached hydrogen (secondary N) is 1.